The van der Waals surface area contributed by atoms with Crippen LogP contribution in [0, 0.1) is 11.7 Å². The number of hydrogen-bond acceptors (Lipinski definition) is 6. The number of nitrogens with zero attached hydrogens (tertiary/aromatic N) is 2. The van der Waals surface area contributed by atoms with Gasteiger partial charge in [0.15, 0.2) is 0 Å². The molecule has 0 radical (unpaired) electrons. The smallest absolute Gasteiger partial charge is 0.393 e. The maximum atomic E-state index is 14.0. The van der Waals surface area contributed by atoms with Crippen LogP contribution in [-0.4, -0.2) is 41.4 Å². The van der Waals surface area contributed by atoms with E-state index in [1.165, 1.54) is 47.4 Å². The molecule has 230 valence electrons. The van der Waals surface area contributed by atoms with E-state index in [2.05, 4.69) is 10.6 Å². The lowest BCUT2D eigenvalue weighted by atomic mass is 9.94. The molecule has 2 aromatic carbocycles. The predicted octanol–water partition coefficient (Wildman–Crippen LogP) is 4.58. The highest BCUT2D eigenvalue weighted by atomic mass is 35.5. The molecule has 2 aromatic rings. The zero-order valence-corrected chi connectivity index (χ0v) is 23.9. The van der Waals surface area contributed by atoms with Gasteiger partial charge in [-0.15, -0.1) is 0 Å². The third-order valence-corrected chi connectivity index (χ3v) is 7.65. The number of hydrazine groups is 1. The lowest BCUT2D eigenvalue weighted by molar-refractivity contribution is -0.137. The monoisotopic (exact) mass is 622 g/mol. The van der Waals surface area contributed by atoms with E-state index < -0.39 is 41.5 Å². The van der Waals surface area contributed by atoms with Crippen molar-refractivity contribution in [3.63, 3.8) is 0 Å². The third kappa shape index (κ3) is 7.65. The van der Waals surface area contributed by atoms with E-state index >= 15 is 0 Å². The molecular weight excluding hydrogens is 592 g/mol. The average molecular weight is 623 g/mol. The van der Waals surface area contributed by atoms with Gasteiger partial charge in [-0.2, -0.15) is 13.2 Å². The Morgan fingerprint density at radius 3 is 2.56 bits per heavy atom. The van der Waals surface area contributed by atoms with E-state index in [0.29, 0.717) is 46.4 Å². The van der Waals surface area contributed by atoms with Crippen LogP contribution in [0.4, 0.5) is 28.9 Å². The van der Waals surface area contributed by atoms with E-state index in [0.717, 1.165) is 0 Å². The molecule has 0 spiro atoms. The van der Waals surface area contributed by atoms with Crippen LogP contribution in [0.1, 0.15) is 43.7 Å². The van der Waals surface area contributed by atoms with Gasteiger partial charge in [-0.1, -0.05) is 24.9 Å². The zero-order valence-electron chi connectivity index (χ0n) is 23.2. The van der Waals surface area contributed by atoms with Gasteiger partial charge in [0.1, 0.15) is 17.6 Å². The Morgan fingerprint density at radius 1 is 1.12 bits per heavy atom. The van der Waals surface area contributed by atoms with E-state index in [1.807, 2.05) is 0 Å². The molecule has 0 bridgehead atoms. The number of carbonyl (C=O) groups excluding carboxylic acids is 3. The van der Waals surface area contributed by atoms with Crippen LogP contribution < -0.4 is 27.2 Å². The molecule has 2 heterocycles. The summed E-state index contributed by atoms with van der Waals surface area (Å²) in [5.41, 5.74) is 5.39. The molecule has 0 saturated carbocycles. The Labute approximate surface area is 250 Å². The molecule has 2 aliphatic rings. The number of nitrogens with one attached hydrogen (secondary N) is 2. The number of benzene rings is 2. The predicted molar refractivity (Wildman–Crippen MR) is 154 cm³/mol. The highest BCUT2D eigenvalue weighted by molar-refractivity contribution is 6.31. The minimum absolute atomic E-state index is 0.0764. The van der Waals surface area contributed by atoms with Crippen LogP contribution in [0.15, 0.2) is 54.4 Å². The molecule has 2 aliphatic heterocycles. The van der Waals surface area contributed by atoms with E-state index in [9.17, 15) is 31.9 Å². The number of rotatable bonds is 4. The fourth-order valence-electron chi connectivity index (χ4n) is 5.02. The normalized spacial score (nSPS) is 20.7. The van der Waals surface area contributed by atoms with Crippen molar-refractivity contribution in [1.82, 2.24) is 10.2 Å². The molecule has 43 heavy (non-hydrogen) atoms. The Morgan fingerprint density at radius 2 is 1.86 bits per heavy atom. The Balaban J connectivity index is 1.60. The summed E-state index contributed by atoms with van der Waals surface area (Å²) in [6, 6.07) is 7.33. The van der Waals surface area contributed by atoms with Gasteiger partial charge in [-0.3, -0.25) is 19.4 Å². The van der Waals surface area contributed by atoms with Crippen LogP contribution in [0.25, 0.3) is 5.57 Å². The lowest BCUT2D eigenvalue weighted by Crippen LogP contribution is -2.50. The van der Waals surface area contributed by atoms with Crippen molar-refractivity contribution in [2.24, 2.45) is 17.5 Å². The van der Waals surface area contributed by atoms with E-state index in [4.69, 9.17) is 23.2 Å². The van der Waals surface area contributed by atoms with Crippen LogP contribution in [-0.2, 0) is 20.9 Å². The first-order valence-corrected chi connectivity index (χ1v) is 13.9. The quantitative estimate of drug-likeness (QED) is 0.224. The van der Waals surface area contributed by atoms with Gasteiger partial charge >= 0.3 is 6.18 Å². The van der Waals surface area contributed by atoms with Gasteiger partial charge in [-0.05, 0) is 66.8 Å². The minimum Gasteiger partial charge on any atom is -0.393 e. The Hall–Kier alpha value is -4.10. The number of hydrogen-bond donors (Lipinski definition) is 4. The summed E-state index contributed by atoms with van der Waals surface area (Å²) >= 11 is 6.17. The summed E-state index contributed by atoms with van der Waals surface area (Å²) in [5, 5.41) is 6.53. The summed E-state index contributed by atoms with van der Waals surface area (Å²) in [5.74, 6) is 3.80. The SMILES string of the molecule is CC1CCCC(N2CCC(c3cc(Cl)ccc3N(N)/C=C(\N)C(F)(F)F)=CC2=O)C(=O)NCc2cc(F)ccc2NC1=O. The number of amides is 3. The largest absolute Gasteiger partial charge is 0.432 e. The summed E-state index contributed by atoms with van der Waals surface area (Å²) in [6.07, 6.45) is -1.54. The van der Waals surface area contributed by atoms with Gasteiger partial charge in [0.25, 0.3) is 0 Å². The first-order chi connectivity index (χ1) is 20.2. The fourth-order valence-corrected chi connectivity index (χ4v) is 5.20. The Kier molecular flexibility index (Phi) is 9.65. The van der Waals surface area contributed by atoms with Gasteiger partial charge in [-0.25, -0.2) is 10.2 Å². The number of carbonyl (C=O) groups is 3. The van der Waals surface area contributed by atoms with Crippen molar-refractivity contribution in [2.45, 2.75) is 51.4 Å². The summed E-state index contributed by atoms with van der Waals surface area (Å²) in [6.45, 7) is 1.79. The fraction of sp³-hybridized carbons (Fsp3) is 0.345. The number of allylic oxidation sites excluding steroid dienone is 1. The van der Waals surface area contributed by atoms with Crippen LogP contribution in [0.5, 0.6) is 0 Å². The van der Waals surface area contributed by atoms with Crippen molar-refractivity contribution in [3.05, 3.63) is 76.3 Å². The number of fused-ring (bicyclic) bond motifs is 1. The number of anilines is 2. The summed E-state index contributed by atoms with van der Waals surface area (Å²) in [4.78, 5) is 40.9. The summed E-state index contributed by atoms with van der Waals surface area (Å²) < 4.78 is 53.0. The van der Waals surface area contributed by atoms with Crippen LogP contribution in [0.2, 0.25) is 5.02 Å². The molecule has 2 unspecified atom stereocenters. The molecule has 0 aliphatic carbocycles. The topological polar surface area (TPSA) is 134 Å². The maximum absolute atomic E-state index is 14.0. The highest BCUT2D eigenvalue weighted by Crippen LogP contribution is 2.34. The molecule has 9 nitrogen and oxygen atoms in total. The first kappa shape index (κ1) is 31.8. The molecule has 4 rings (SSSR count). The standard InChI is InChI=1S/C29H31ClF4N6O3/c1-16-3-2-4-24(28(43)37-14-18-11-20(31)6-7-22(18)38-27(16)42)39-10-9-17(12-26(39)41)21-13-19(30)5-8-23(21)40(36)15-25(35)29(32,33)34/h5-8,11-13,15-16,24H,2-4,9-10,14,35-36H2,1H3,(H,37,43)(H,38,42)/b25-15-. The zero-order chi connectivity index (χ0) is 31.5. The molecular formula is C29H31ClF4N6O3. The second-order valence-corrected chi connectivity index (χ2v) is 10.9. The van der Waals surface area contributed by atoms with Gasteiger partial charge in [0.05, 0.1) is 5.69 Å². The van der Waals surface area contributed by atoms with Gasteiger partial charge in [0.2, 0.25) is 17.7 Å². The molecule has 0 saturated heterocycles. The minimum atomic E-state index is -4.79. The van der Waals surface area contributed by atoms with E-state index in [-0.39, 0.29) is 42.5 Å². The molecule has 0 fully saturated rings. The van der Waals surface area contributed by atoms with Crippen molar-refractivity contribution < 1.29 is 31.9 Å². The third-order valence-electron chi connectivity index (χ3n) is 7.41. The second-order valence-electron chi connectivity index (χ2n) is 10.5. The van der Waals surface area contributed by atoms with Crippen molar-refractivity contribution >= 4 is 46.3 Å². The Bertz CT molecular complexity index is 1480. The molecule has 3 amide bonds. The molecule has 0 aromatic heterocycles. The maximum Gasteiger partial charge on any atom is 0.432 e. The van der Waals surface area contributed by atoms with Crippen molar-refractivity contribution in [3.8, 4) is 0 Å². The average Bonchev–Trinajstić information content (AvgIpc) is 2.94. The van der Waals surface area contributed by atoms with E-state index in [1.54, 1.807) is 6.92 Å². The number of alkyl halides is 3. The lowest BCUT2D eigenvalue weighted by Gasteiger charge is -2.34. The first-order valence-electron chi connectivity index (χ1n) is 13.5. The summed E-state index contributed by atoms with van der Waals surface area (Å²) in [7, 11) is 0. The van der Waals surface area contributed by atoms with Crippen LogP contribution in [0.3, 0.4) is 0 Å². The number of halogens is 5. The molecule has 2 atom stereocenters. The van der Waals surface area contributed by atoms with Crippen molar-refractivity contribution in [2.75, 3.05) is 16.9 Å². The van der Waals surface area contributed by atoms with Crippen molar-refractivity contribution in [1.29, 1.82) is 0 Å². The highest BCUT2D eigenvalue weighted by Gasteiger charge is 2.34. The second kappa shape index (κ2) is 13.0. The van der Waals surface area contributed by atoms with Crippen LogP contribution >= 0.6 is 11.6 Å². The van der Waals surface area contributed by atoms with Gasteiger partial charge in [0, 0.05) is 47.6 Å². The molecule has 6 N–H and O–H groups in total. The number of nitrogens with two attached hydrogens (primary N) is 2. The molecule has 14 heteroatoms. The van der Waals surface area contributed by atoms with Gasteiger partial charge < -0.3 is 21.3 Å².